The van der Waals surface area contributed by atoms with Gasteiger partial charge in [0.1, 0.15) is 17.0 Å². The number of imidazole rings is 1. The van der Waals surface area contributed by atoms with Gasteiger partial charge in [0, 0.05) is 36.8 Å². The first kappa shape index (κ1) is 14.7. The van der Waals surface area contributed by atoms with Crippen LogP contribution in [0.25, 0.3) is 22.1 Å². The summed E-state index contributed by atoms with van der Waals surface area (Å²) in [6.07, 6.45) is 5.23. The number of aliphatic hydroxyl groups excluding tert-OH is 1. The molecule has 1 saturated heterocycles. The molecule has 4 rings (SSSR count). The molecule has 2 N–H and O–H groups in total. The lowest BCUT2D eigenvalue weighted by molar-refractivity contribution is 0.0686. The van der Waals surface area contributed by atoms with Gasteiger partial charge in [0.2, 0.25) is 0 Å². The molecule has 1 fully saturated rings. The van der Waals surface area contributed by atoms with E-state index in [1.165, 1.54) is 0 Å². The zero-order valence-electron chi connectivity index (χ0n) is 13.5. The van der Waals surface area contributed by atoms with Crippen LogP contribution in [0.15, 0.2) is 18.5 Å². The lowest BCUT2D eigenvalue weighted by atomic mass is 10.0. The predicted molar refractivity (Wildman–Crippen MR) is 88.6 cm³/mol. The van der Waals surface area contributed by atoms with Gasteiger partial charge in [0.05, 0.1) is 17.8 Å². The Balaban J connectivity index is 1.99. The molecule has 23 heavy (non-hydrogen) atoms. The monoisotopic (exact) mass is 314 g/mol. The number of nitrogens with one attached hydrogen (secondary N) is 1. The van der Waals surface area contributed by atoms with Gasteiger partial charge in [0.15, 0.2) is 0 Å². The molecule has 6 heteroatoms. The Labute approximate surface area is 134 Å². The average Bonchev–Trinajstić information content (AvgIpc) is 3.18. The quantitative estimate of drug-likeness (QED) is 0.779. The van der Waals surface area contributed by atoms with Crippen molar-refractivity contribution < 1.29 is 9.84 Å². The third-order valence-corrected chi connectivity index (χ3v) is 4.95. The second kappa shape index (κ2) is 5.62. The van der Waals surface area contributed by atoms with Gasteiger partial charge in [-0.15, -0.1) is 0 Å². The van der Waals surface area contributed by atoms with Crippen molar-refractivity contribution in [2.45, 2.75) is 44.8 Å². The van der Waals surface area contributed by atoms with Crippen LogP contribution in [0.4, 0.5) is 0 Å². The maximum Gasteiger partial charge on any atom is 0.139 e. The SMILES string of the molecule is CC(O)C(C)c1nc2cnc3[nH]ccc3c2n1C1CCOCC1. The topological polar surface area (TPSA) is 76.0 Å². The Bertz CT molecular complexity index is 830. The van der Waals surface area contributed by atoms with E-state index in [1.54, 1.807) is 0 Å². The molecule has 0 aromatic carbocycles. The summed E-state index contributed by atoms with van der Waals surface area (Å²) in [4.78, 5) is 12.5. The van der Waals surface area contributed by atoms with E-state index < -0.39 is 6.10 Å². The number of nitrogens with zero attached hydrogens (tertiary/aromatic N) is 3. The van der Waals surface area contributed by atoms with E-state index in [0.29, 0.717) is 6.04 Å². The van der Waals surface area contributed by atoms with Crippen molar-refractivity contribution in [2.75, 3.05) is 13.2 Å². The molecule has 0 aliphatic carbocycles. The van der Waals surface area contributed by atoms with Crippen LogP contribution in [-0.4, -0.2) is 43.9 Å². The summed E-state index contributed by atoms with van der Waals surface area (Å²) >= 11 is 0. The normalized spacial score (nSPS) is 19.4. The van der Waals surface area contributed by atoms with Gasteiger partial charge in [-0.05, 0) is 25.8 Å². The summed E-state index contributed by atoms with van der Waals surface area (Å²) < 4.78 is 7.85. The van der Waals surface area contributed by atoms with Crippen LogP contribution in [-0.2, 0) is 4.74 Å². The van der Waals surface area contributed by atoms with Gasteiger partial charge in [-0.25, -0.2) is 9.97 Å². The van der Waals surface area contributed by atoms with Crippen molar-refractivity contribution >= 4 is 22.1 Å². The van der Waals surface area contributed by atoms with E-state index in [1.807, 2.05) is 26.2 Å². The molecule has 0 bridgehead atoms. The van der Waals surface area contributed by atoms with E-state index in [-0.39, 0.29) is 5.92 Å². The van der Waals surface area contributed by atoms with Crippen LogP contribution >= 0.6 is 0 Å². The zero-order chi connectivity index (χ0) is 16.0. The van der Waals surface area contributed by atoms with E-state index in [0.717, 1.165) is 53.9 Å². The zero-order valence-corrected chi connectivity index (χ0v) is 13.5. The van der Waals surface area contributed by atoms with Crippen molar-refractivity contribution in [3.05, 3.63) is 24.3 Å². The number of hydrogen-bond acceptors (Lipinski definition) is 4. The minimum atomic E-state index is -0.444. The Hall–Kier alpha value is -1.92. The lowest BCUT2D eigenvalue weighted by Crippen LogP contribution is -2.24. The summed E-state index contributed by atoms with van der Waals surface area (Å²) in [7, 11) is 0. The van der Waals surface area contributed by atoms with Gasteiger partial charge < -0.3 is 19.4 Å². The summed E-state index contributed by atoms with van der Waals surface area (Å²) in [6.45, 7) is 5.40. The Morgan fingerprint density at radius 2 is 2.13 bits per heavy atom. The van der Waals surface area contributed by atoms with Gasteiger partial charge in [-0.3, -0.25) is 0 Å². The second-order valence-corrected chi connectivity index (χ2v) is 6.44. The van der Waals surface area contributed by atoms with E-state index >= 15 is 0 Å². The molecule has 0 amide bonds. The van der Waals surface area contributed by atoms with Crippen molar-refractivity contribution in [3.8, 4) is 0 Å². The third kappa shape index (κ3) is 2.33. The van der Waals surface area contributed by atoms with E-state index in [2.05, 4.69) is 20.6 Å². The highest BCUT2D eigenvalue weighted by molar-refractivity contribution is 6.01. The standard InChI is InChI=1S/C17H22N4O2/c1-10(11(2)22)17-20-14-9-19-16-13(3-6-18-16)15(14)21(17)12-4-7-23-8-5-12/h3,6,9-12,22H,4-5,7-8H2,1-2H3,(H,18,19). The number of ether oxygens (including phenoxy) is 1. The van der Waals surface area contributed by atoms with Crippen molar-refractivity contribution in [1.29, 1.82) is 0 Å². The smallest absolute Gasteiger partial charge is 0.139 e. The first-order chi connectivity index (χ1) is 11.2. The number of aliphatic hydroxyl groups is 1. The summed E-state index contributed by atoms with van der Waals surface area (Å²) in [5, 5.41) is 11.2. The molecule has 0 spiro atoms. The fourth-order valence-electron chi connectivity index (χ4n) is 3.46. The molecule has 4 heterocycles. The Morgan fingerprint density at radius 1 is 1.35 bits per heavy atom. The van der Waals surface area contributed by atoms with Crippen molar-refractivity contribution in [2.24, 2.45) is 0 Å². The average molecular weight is 314 g/mol. The Morgan fingerprint density at radius 3 is 2.87 bits per heavy atom. The van der Waals surface area contributed by atoms with Gasteiger partial charge in [0.25, 0.3) is 0 Å². The van der Waals surface area contributed by atoms with Crippen LogP contribution in [0.3, 0.4) is 0 Å². The number of aromatic nitrogens is 4. The molecular formula is C17H22N4O2. The van der Waals surface area contributed by atoms with Gasteiger partial charge >= 0.3 is 0 Å². The first-order valence-electron chi connectivity index (χ1n) is 8.26. The largest absolute Gasteiger partial charge is 0.393 e. The van der Waals surface area contributed by atoms with Crippen molar-refractivity contribution in [1.82, 2.24) is 19.5 Å². The molecule has 6 nitrogen and oxygen atoms in total. The van der Waals surface area contributed by atoms with Gasteiger partial charge in [-0.2, -0.15) is 0 Å². The minimum Gasteiger partial charge on any atom is -0.393 e. The van der Waals surface area contributed by atoms with Crippen molar-refractivity contribution in [3.63, 3.8) is 0 Å². The second-order valence-electron chi connectivity index (χ2n) is 6.44. The molecule has 0 radical (unpaired) electrons. The first-order valence-corrected chi connectivity index (χ1v) is 8.26. The fourth-order valence-corrected chi connectivity index (χ4v) is 3.46. The number of fused-ring (bicyclic) bond motifs is 3. The predicted octanol–water partition coefficient (Wildman–Crippen LogP) is 2.75. The molecule has 2 unspecified atom stereocenters. The molecule has 2 atom stereocenters. The Kier molecular flexibility index (Phi) is 3.58. The number of hydrogen-bond donors (Lipinski definition) is 2. The highest BCUT2D eigenvalue weighted by Gasteiger charge is 2.27. The summed E-state index contributed by atoms with van der Waals surface area (Å²) in [6, 6.07) is 2.41. The molecule has 3 aromatic rings. The van der Waals surface area contributed by atoms with Crippen LogP contribution < -0.4 is 0 Å². The minimum absolute atomic E-state index is 0.0285. The van der Waals surface area contributed by atoms with Crippen LogP contribution in [0.2, 0.25) is 0 Å². The molecular weight excluding hydrogens is 292 g/mol. The molecule has 122 valence electrons. The molecule has 1 aliphatic rings. The number of rotatable bonds is 3. The number of H-pyrrole nitrogens is 1. The molecule has 3 aromatic heterocycles. The van der Waals surface area contributed by atoms with Crippen LogP contribution in [0.1, 0.15) is 44.5 Å². The number of aromatic amines is 1. The van der Waals surface area contributed by atoms with Crippen LogP contribution in [0, 0.1) is 0 Å². The summed E-state index contributed by atoms with van der Waals surface area (Å²) in [5.41, 5.74) is 2.89. The van der Waals surface area contributed by atoms with E-state index in [4.69, 9.17) is 9.72 Å². The maximum absolute atomic E-state index is 10.1. The maximum atomic E-state index is 10.1. The fraction of sp³-hybridized carbons (Fsp3) is 0.529. The van der Waals surface area contributed by atoms with E-state index in [9.17, 15) is 5.11 Å². The lowest BCUT2D eigenvalue weighted by Gasteiger charge is -2.28. The number of pyridine rings is 1. The van der Waals surface area contributed by atoms with Gasteiger partial charge in [-0.1, -0.05) is 6.92 Å². The molecule has 0 saturated carbocycles. The van der Waals surface area contributed by atoms with Crippen LogP contribution in [0.5, 0.6) is 0 Å². The summed E-state index contributed by atoms with van der Waals surface area (Å²) in [5.74, 6) is 0.914. The highest BCUT2D eigenvalue weighted by atomic mass is 16.5. The third-order valence-electron chi connectivity index (χ3n) is 4.95. The highest BCUT2D eigenvalue weighted by Crippen LogP contribution is 2.34. The molecule has 1 aliphatic heterocycles.